The van der Waals surface area contributed by atoms with Crippen LogP contribution in [0.3, 0.4) is 0 Å². The number of nitrogens with one attached hydrogen (secondary N) is 1. The number of ether oxygens (including phenoxy) is 1. The molecule has 0 aliphatic rings. The highest BCUT2D eigenvalue weighted by molar-refractivity contribution is 7.20. The second-order valence-electron chi connectivity index (χ2n) is 4.43. The lowest BCUT2D eigenvalue weighted by Gasteiger charge is -2.13. The normalized spacial score (nSPS) is 12.3. The molecule has 2 rings (SSSR count). The van der Waals surface area contributed by atoms with E-state index >= 15 is 0 Å². The molecule has 0 radical (unpaired) electrons. The van der Waals surface area contributed by atoms with Crippen molar-refractivity contribution in [2.75, 3.05) is 13.7 Å². The molecule has 1 aromatic heterocycles. The zero-order valence-corrected chi connectivity index (χ0v) is 12.1. The third kappa shape index (κ3) is 3.77. The van der Waals surface area contributed by atoms with Crippen molar-refractivity contribution < 1.29 is 23.8 Å². The number of methoxy groups -OCH3 is 1. The van der Waals surface area contributed by atoms with Gasteiger partial charge < -0.3 is 15.2 Å². The number of hydrogen-bond acceptors (Lipinski definition) is 4. The Morgan fingerprint density at radius 1 is 1.48 bits per heavy atom. The summed E-state index contributed by atoms with van der Waals surface area (Å²) in [5.41, 5.74) is 0. The molecule has 0 bridgehead atoms. The molecule has 7 heteroatoms. The summed E-state index contributed by atoms with van der Waals surface area (Å²) in [4.78, 5) is 23.0. The van der Waals surface area contributed by atoms with Gasteiger partial charge in [-0.1, -0.05) is 6.07 Å². The molecule has 1 aromatic carbocycles. The van der Waals surface area contributed by atoms with E-state index in [0.717, 1.165) is 0 Å². The zero-order valence-electron chi connectivity index (χ0n) is 11.3. The van der Waals surface area contributed by atoms with Crippen LogP contribution in [0.15, 0.2) is 24.3 Å². The fourth-order valence-corrected chi connectivity index (χ4v) is 2.86. The molecule has 2 aromatic rings. The first-order valence-electron chi connectivity index (χ1n) is 6.22. The van der Waals surface area contributed by atoms with E-state index in [9.17, 15) is 14.0 Å². The van der Waals surface area contributed by atoms with Crippen LogP contribution in [0.2, 0.25) is 0 Å². The Labute approximate surface area is 124 Å². The molecule has 1 amide bonds. The Hall–Kier alpha value is -1.99. The lowest BCUT2D eigenvalue weighted by atomic mass is 10.2. The number of carboxylic acid groups (broad SMARTS) is 1. The number of benzene rings is 1. The van der Waals surface area contributed by atoms with Crippen LogP contribution in [0.1, 0.15) is 16.1 Å². The molecular weight excluding hydrogens is 297 g/mol. The Bertz CT molecular complexity index is 670. The predicted octanol–water partition coefficient (Wildman–Crippen LogP) is 2.26. The topological polar surface area (TPSA) is 75.6 Å². The number of hydrogen-bond donors (Lipinski definition) is 2. The monoisotopic (exact) mass is 311 g/mol. The molecule has 1 unspecified atom stereocenters. The highest BCUT2D eigenvalue weighted by Gasteiger charge is 2.16. The van der Waals surface area contributed by atoms with Gasteiger partial charge in [-0.25, -0.2) is 4.39 Å². The van der Waals surface area contributed by atoms with Gasteiger partial charge >= 0.3 is 5.97 Å². The molecule has 21 heavy (non-hydrogen) atoms. The number of rotatable bonds is 6. The van der Waals surface area contributed by atoms with Crippen molar-refractivity contribution in [2.24, 2.45) is 0 Å². The van der Waals surface area contributed by atoms with E-state index in [1.165, 1.54) is 30.6 Å². The average Bonchev–Trinajstić information content (AvgIpc) is 2.88. The summed E-state index contributed by atoms with van der Waals surface area (Å²) in [5, 5.41) is 11.7. The maximum absolute atomic E-state index is 13.6. The molecule has 0 spiro atoms. The molecule has 0 aliphatic carbocycles. The van der Waals surface area contributed by atoms with E-state index < -0.39 is 12.1 Å². The largest absolute Gasteiger partial charge is 0.481 e. The minimum absolute atomic E-state index is 0.0817. The fraction of sp³-hybridized carbons (Fsp3) is 0.286. The van der Waals surface area contributed by atoms with E-state index in [1.54, 1.807) is 12.1 Å². The van der Waals surface area contributed by atoms with Crippen molar-refractivity contribution >= 4 is 33.3 Å². The van der Waals surface area contributed by atoms with Gasteiger partial charge in [0.1, 0.15) is 5.82 Å². The first kappa shape index (κ1) is 15.4. The summed E-state index contributed by atoms with van der Waals surface area (Å²) < 4.78 is 19.2. The van der Waals surface area contributed by atoms with Crippen LogP contribution in [0.5, 0.6) is 0 Å². The Kier molecular flexibility index (Phi) is 4.87. The molecule has 0 fully saturated rings. The second-order valence-corrected chi connectivity index (χ2v) is 5.51. The number of fused-ring (bicyclic) bond motifs is 1. The molecule has 0 saturated carbocycles. The molecule has 112 valence electrons. The van der Waals surface area contributed by atoms with Gasteiger partial charge in [-0.05, 0) is 18.2 Å². The van der Waals surface area contributed by atoms with E-state index in [1.807, 2.05) is 0 Å². The van der Waals surface area contributed by atoms with E-state index in [4.69, 9.17) is 9.84 Å². The van der Waals surface area contributed by atoms with Crippen molar-refractivity contribution in [1.29, 1.82) is 0 Å². The molecule has 1 atom stereocenters. The Morgan fingerprint density at radius 3 is 2.86 bits per heavy atom. The van der Waals surface area contributed by atoms with Crippen LogP contribution in [0.25, 0.3) is 10.1 Å². The van der Waals surface area contributed by atoms with Gasteiger partial charge in [0, 0.05) is 23.7 Å². The van der Waals surface area contributed by atoms with E-state index in [-0.39, 0.29) is 24.7 Å². The van der Waals surface area contributed by atoms with Crippen molar-refractivity contribution in [1.82, 2.24) is 5.32 Å². The quantitative estimate of drug-likeness (QED) is 0.858. The predicted molar refractivity (Wildman–Crippen MR) is 77.2 cm³/mol. The van der Waals surface area contributed by atoms with Gasteiger partial charge in [-0.3, -0.25) is 9.59 Å². The minimum atomic E-state index is -1.000. The summed E-state index contributed by atoms with van der Waals surface area (Å²) in [5.74, 6) is -1.74. The van der Waals surface area contributed by atoms with Gasteiger partial charge in [0.05, 0.1) is 17.4 Å². The van der Waals surface area contributed by atoms with Crippen molar-refractivity contribution in [3.63, 3.8) is 0 Å². The van der Waals surface area contributed by atoms with Crippen molar-refractivity contribution in [3.05, 3.63) is 35.0 Å². The minimum Gasteiger partial charge on any atom is -0.481 e. The molecular formula is C14H14FNO4S. The maximum atomic E-state index is 13.6. The lowest BCUT2D eigenvalue weighted by molar-refractivity contribution is -0.139. The van der Waals surface area contributed by atoms with E-state index in [0.29, 0.717) is 15.0 Å². The van der Waals surface area contributed by atoms with Crippen LogP contribution >= 0.6 is 11.3 Å². The fourth-order valence-electron chi connectivity index (χ4n) is 1.86. The standard InChI is InChI=1S/C14H14FNO4S/c1-20-8(5-13(17)18)7-16-14(19)12-6-9-10(15)3-2-4-11(9)21-12/h2-4,6,8H,5,7H2,1H3,(H,16,19)(H,17,18). The van der Waals surface area contributed by atoms with Gasteiger partial charge in [0.2, 0.25) is 0 Å². The maximum Gasteiger partial charge on any atom is 0.306 e. The summed E-state index contributed by atoms with van der Waals surface area (Å²) in [7, 11) is 1.38. The third-order valence-electron chi connectivity index (χ3n) is 2.96. The molecule has 0 aliphatic heterocycles. The number of aliphatic carboxylic acids is 1. The van der Waals surface area contributed by atoms with Crippen molar-refractivity contribution in [2.45, 2.75) is 12.5 Å². The summed E-state index contributed by atoms with van der Waals surface area (Å²) in [6.45, 7) is 0.0817. The number of carbonyl (C=O) groups excluding carboxylic acids is 1. The van der Waals surface area contributed by atoms with E-state index in [2.05, 4.69) is 5.32 Å². The Morgan fingerprint density at radius 2 is 2.24 bits per heavy atom. The number of thiophene rings is 1. The zero-order chi connectivity index (χ0) is 15.4. The van der Waals surface area contributed by atoms with Crippen LogP contribution in [-0.2, 0) is 9.53 Å². The molecule has 2 N–H and O–H groups in total. The second kappa shape index (κ2) is 6.64. The van der Waals surface area contributed by atoms with Crippen LogP contribution in [0, 0.1) is 5.82 Å². The third-order valence-corrected chi connectivity index (χ3v) is 4.06. The number of halogens is 1. The van der Waals surface area contributed by atoms with Gasteiger partial charge in [-0.15, -0.1) is 11.3 Å². The molecule has 0 saturated heterocycles. The number of carboxylic acids is 1. The average molecular weight is 311 g/mol. The first-order chi connectivity index (χ1) is 10.0. The molecule has 1 heterocycles. The van der Waals surface area contributed by atoms with Crippen LogP contribution in [0.4, 0.5) is 4.39 Å². The van der Waals surface area contributed by atoms with Gasteiger partial charge in [-0.2, -0.15) is 0 Å². The number of amides is 1. The van der Waals surface area contributed by atoms with Crippen molar-refractivity contribution in [3.8, 4) is 0 Å². The number of carbonyl (C=O) groups is 2. The van der Waals surface area contributed by atoms with Crippen LogP contribution in [-0.4, -0.2) is 36.7 Å². The summed E-state index contributed by atoms with van der Waals surface area (Å²) >= 11 is 1.18. The molecule has 5 nitrogen and oxygen atoms in total. The van der Waals surface area contributed by atoms with Gasteiger partial charge in [0.15, 0.2) is 0 Å². The first-order valence-corrected chi connectivity index (χ1v) is 7.03. The summed E-state index contributed by atoms with van der Waals surface area (Å²) in [6, 6.07) is 6.15. The van der Waals surface area contributed by atoms with Crippen LogP contribution < -0.4 is 5.32 Å². The smallest absolute Gasteiger partial charge is 0.306 e. The highest BCUT2D eigenvalue weighted by atomic mass is 32.1. The van der Waals surface area contributed by atoms with Gasteiger partial charge in [0.25, 0.3) is 5.91 Å². The Balaban J connectivity index is 2.05. The highest BCUT2D eigenvalue weighted by Crippen LogP contribution is 2.27. The SMILES string of the molecule is COC(CNC(=O)c1cc2c(F)cccc2s1)CC(=O)O. The summed E-state index contributed by atoms with van der Waals surface area (Å²) in [6.07, 6.45) is -0.796. The lowest BCUT2D eigenvalue weighted by Crippen LogP contribution is -2.34.